The van der Waals surface area contributed by atoms with Crippen molar-refractivity contribution in [1.82, 2.24) is 0 Å². The second-order valence-corrected chi connectivity index (χ2v) is 9.24. The van der Waals surface area contributed by atoms with Crippen LogP contribution in [0, 0.1) is 0 Å². The van der Waals surface area contributed by atoms with E-state index in [2.05, 4.69) is 74.5 Å². The van der Waals surface area contributed by atoms with E-state index in [1.165, 1.54) is 79.2 Å². The Bertz CT molecular complexity index is 944. The van der Waals surface area contributed by atoms with Crippen LogP contribution in [0.25, 0.3) is 22.3 Å². The standard InChI is InChI=1S/C32H42O2/c1-4-5-6-7-8-9-10-11-14-25-34-26(2)27-17-19-28(20-18-27)31-15-12-13-16-32(31)29-21-23-30(33-3)24-22-29/h12-13,15-24,26H,4-11,14,25H2,1-3H3. The number of methoxy groups -OCH3 is 1. The SMILES string of the molecule is CCCCCCCCCCCOC(C)c1ccc(-c2ccccc2-c2ccc(OC)cc2)cc1. The lowest BCUT2D eigenvalue weighted by molar-refractivity contribution is 0.0627. The smallest absolute Gasteiger partial charge is 0.118 e. The van der Waals surface area contributed by atoms with Crippen molar-refractivity contribution in [3.05, 3.63) is 78.4 Å². The van der Waals surface area contributed by atoms with Gasteiger partial charge >= 0.3 is 0 Å². The summed E-state index contributed by atoms with van der Waals surface area (Å²) in [5.41, 5.74) is 6.12. The summed E-state index contributed by atoms with van der Waals surface area (Å²) in [6, 6.07) is 25.7. The highest BCUT2D eigenvalue weighted by atomic mass is 16.5. The van der Waals surface area contributed by atoms with Crippen molar-refractivity contribution in [2.45, 2.75) is 77.7 Å². The maximum atomic E-state index is 6.14. The molecule has 3 aromatic carbocycles. The molecular weight excluding hydrogens is 416 g/mol. The first kappa shape index (κ1) is 26.0. The molecule has 0 radical (unpaired) electrons. The molecule has 0 aromatic heterocycles. The zero-order valence-corrected chi connectivity index (χ0v) is 21.4. The third-order valence-corrected chi connectivity index (χ3v) is 6.63. The van der Waals surface area contributed by atoms with Gasteiger partial charge in [-0.15, -0.1) is 0 Å². The summed E-state index contributed by atoms with van der Waals surface area (Å²) in [7, 11) is 1.70. The van der Waals surface area contributed by atoms with E-state index in [0.717, 1.165) is 18.8 Å². The molecular formula is C32H42O2. The van der Waals surface area contributed by atoms with E-state index >= 15 is 0 Å². The number of hydrogen-bond acceptors (Lipinski definition) is 2. The van der Waals surface area contributed by atoms with Crippen LogP contribution in [0.1, 0.15) is 83.3 Å². The van der Waals surface area contributed by atoms with Gasteiger partial charge in [0.25, 0.3) is 0 Å². The molecule has 0 heterocycles. The molecule has 34 heavy (non-hydrogen) atoms. The topological polar surface area (TPSA) is 18.5 Å². The normalized spacial score (nSPS) is 12.0. The summed E-state index contributed by atoms with van der Waals surface area (Å²) in [6.07, 6.45) is 12.2. The van der Waals surface area contributed by atoms with Gasteiger partial charge in [-0.2, -0.15) is 0 Å². The van der Waals surface area contributed by atoms with E-state index < -0.39 is 0 Å². The lowest BCUT2D eigenvalue weighted by Gasteiger charge is -2.15. The zero-order valence-electron chi connectivity index (χ0n) is 21.4. The lowest BCUT2D eigenvalue weighted by Crippen LogP contribution is -2.02. The molecule has 2 heteroatoms. The van der Waals surface area contributed by atoms with Gasteiger partial charge in [-0.25, -0.2) is 0 Å². The van der Waals surface area contributed by atoms with Crippen molar-refractivity contribution in [3.63, 3.8) is 0 Å². The molecule has 1 unspecified atom stereocenters. The molecule has 2 nitrogen and oxygen atoms in total. The minimum Gasteiger partial charge on any atom is -0.497 e. The molecule has 0 saturated heterocycles. The number of ether oxygens (including phenoxy) is 2. The molecule has 182 valence electrons. The number of hydrogen-bond donors (Lipinski definition) is 0. The lowest BCUT2D eigenvalue weighted by atomic mass is 9.94. The molecule has 3 aromatic rings. The van der Waals surface area contributed by atoms with Crippen LogP contribution in [0.4, 0.5) is 0 Å². The maximum Gasteiger partial charge on any atom is 0.118 e. The van der Waals surface area contributed by atoms with Gasteiger partial charge in [0.1, 0.15) is 5.75 Å². The Morgan fingerprint density at radius 3 is 1.65 bits per heavy atom. The van der Waals surface area contributed by atoms with Crippen LogP contribution >= 0.6 is 0 Å². The van der Waals surface area contributed by atoms with Crippen LogP contribution in [0.3, 0.4) is 0 Å². The Kier molecular flexibility index (Phi) is 11.2. The average molecular weight is 459 g/mol. The van der Waals surface area contributed by atoms with Crippen LogP contribution < -0.4 is 4.74 Å². The molecule has 0 aliphatic carbocycles. The van der Waals surface area contributed by atoms with Crippen LogP contribution in [0.2, 0.25) is 0 Å². The first-order valence-corrected chi connectivity index (χ1v) is 13.2. The fraction of sp³-hybridized carbons (Fsp3) is 0.438. The predicted molar refractivity (Wildman–Crippen MR) is 145 cm³/mol. The van der Waals surface area contributed by atoms with Crippen molar-refractivity contribution in [3.8, 4) is 28.0 Å². The minimum atomic E-state index is 0.125. The Labute approximate surface area is 207 Å². The van der Waals surface area contributed by atoms with Gasteiger partial charge < -0.3 is 9.47 Å². The first-order chi connectivity index (χ1) is 16.7. The van der Waals surface area contributed by atoms with E-state index in [9.17, 15) is 0 Å². The molecule has 0 spiro atoms. The van der Waals surface area contributed by atoms with Crippen molar-refractivity contribution in [2.24, 2.45) is 0 Å². The summed E-state index contributed by atoms with van der Waals surface area (Å²) < 4.78 is 11.4. The average Bonchev–Trinajstić information content (AvgIpc) is 2.90. The molecule has 0 amide bonds. The van der Waals surface area contributed by atoms with Gasteiger partial charge in [-0.1, -0.05) is 119 Å². The van der Waals surface area contributed by atoms with Crippen molar-refractivity contribution in [2.75, 3.05) is 13.7 Å². The highest BCUT2D eigenvalue weighted by Gasteiger charge is 2.10. The molecule has 0 aliphatic heterocycles. The van der Waals surface area contributed by atoms with Gasteiger partial charge in [0.2, 0.25) is 0 Å². The Morgan fingerprint density at radius 1 is 0.618 bits per heavy atom. The largest absolute Gasteiger partial charge is 0.497 e. The summed E-state index contributed by atoms with van der Waals surface area (Å²) in [5.74, 6) is 0.877. The third kappa shape index (κ3) is 8.02. The van der Waals surface area contributed by atoms with Gasteiger partial charge in [0, 0.05) is 6.61 Å². The Balaban J connectivity index is 1.49. The van der Waals surface area contributed by atoms with Crippen LogP contribution in [-0.4, -0.2) is 13.7 Å². The van der Waals surface area contributed by atoms with Gasteiger partial charge in [0.05, 0.1) is 13.2 Å². The van der Waals surface area contributed by atoms with E-state index in [0.29, 0.717) is 0 Å². The van der Waals surface area contributed by atoms with Crippen LogP contribution in [-0.2, 0) is 4.74 Å². The molecule has 0 fully saturated rings. The predicted octanol–water partition coefficient (Wildman–Crippen LogP) is 9.64. The first-order valence-electron chi connectivity index (χ1n) is 13.2. The number of rotatable bonds is 15. The molecule has 0 aliphatic rings. The molecule has 1 atom stereocenters. The highest BCUT2D eigenvalue weighted by Crippen LogP contribution is 2.33. The monoisotopic (exact) mass is 458 g/mol. The Hall–Kier alpha value is -2.58. The summed E-state index contributed by atoms with van der Waals surface area (Å²) >= 11 is 0. The molecule has 3 rings (SSSR count). The molecule has 0 N–H and O–H groups in total. The van der Waals surface area contributed by atoms with Gasteiger partial charge in [0.15, 0.2) is 0 Å². The van der Waals surface area contributed by atoms with E-state index in [1.54, 1.807) is 7.11 Å². The van der Waals surface area contributed by atoms with Gasteiger partial charge in [-0.05, 0) is 53.3 Å². The number of unbranched alkanes of at least 4 members (excludes halogenated alkanes) is 8. The second-order valence-electron chi connectivity index (χ2n) is 9.24. The Morgan fingerprint density at radius 2 is 1.12 bits per heavy atom. The summed E-state index contributed by atoms with van der Waals surface area (Å²) in [6.45, 7) is 5.28. The van der Waals surface area contributed by atoms with Crippen molar-refractivity contribution < 1.29 is 9.47 Å². The summed E-state index contributed by atoms with van der Waals surface area (Å²) in [5, 5.41) is 0. The van der Waals surface area contributed by atoms with Crippen molar-refractivity contribution in [1.29, 1.82) is 0 Å². The van der Waals surface area contributed by atoms with E-state index in [-0.39, 0.29) is 6.10 Å². The molecule has 0 bridgehead atoms. The third-order valence-electron chi connectivity index (χ3n) is 6.63. The minimum absolute atomic E-state index is 0.125. The zero-order chi connectivity index (χ0) is 24.0. The quantitative estimate of drug-likeness (QED) is 0.211. The second kappa shape index (κ2) is 14.6. The highest BCUT2D eigenvalue weighted by molar-refractivity contribution is 5.83. The molecule has 0 saturated carbocycles. The fourth-order valence-electron chi connectivity index (χ4n) is 4.46. The van der Waals surface area contributed by atoms with Crippen molar-refractivity contribution >= 4 is 0 Å². The van der Waals surface area contributed by atoms with E-state index in [4.69, 9.17) is 9.47 Å². The van der Waals surface area contributed by atoms with Gasteiger partial charge in [-0.3, -0.25) is 0 Å². The van der Waals surface area contributed by atoms with E-state index in [1.807, 2.05) is 12.1 Å². The maximum absolute atomic E-state index is 6.14. The van der Waals surface area contributed by atoms with Crippen LogP contribution in [0.15, 0.2) is 72.8 Å². The fourth-order valence-corrected chi connectivity index (χ4v) is 4.46. The number of benzene rings is 3. The van der Waals surface area contributed by atoms with Crippen LogP contribution in [0.5, 0.6) is 5.75 Å². The summed E-state index contributed by atoms with van der Waals surface area (Å²) in [4.78, 5) is 0.